The van der Waals surface area contributed by atoms with Crippen molar-refractivity contribution in [2.75, 3.05) is 39.8 Å². The highest BCUT2D eigenvalue weighted by molar-refractivity contribution is 7.89. The van der Waals surface area contributed by atoms with Crippen molar-refractivity contribution in [2.45, 2.75) is 51.0 Å². The number of rotatable bonds is 9. The molecule has 1 fully saturated rings. The van der Waals surface area contributed by atoms with Gasteiger partial charge < -0.3 is 10.2 Å². The van der Waals surface area contributed by atoms with Crippen LogP contribution in [0.25, 0.3) is 11.0 Å². The molecule has 1 N–H and O–H groups in total. The molecular weight excluding hydrogens is 416 g/mol. The molecule has 2 aromatic rings. The van der Waals surface area contributed by atoms with E-state index in [4.69, 9.17) is 0 Å². The van der Waals surface area contributed by atoms with Crippen LogP contribution in [-0.2, 0) is 14.8 Å². The summed E-state index contributed by atoms with van der Waals surface area (Å²) in [4.78, 5) is 14.8. The van der Waals surface area contributed by atoms with Crippen molar-refractivity contribution in [3.8, 4) is 0 Å². The molecule has 10 heteroatoms. The molecule has 0 aliphatic carbocycles. The number of hydrogen-bond donors (Lipinski definition) is 1. The Morgan fingerprint density at radius 1 is 1.35 bits per heavy atom. The van der Waals surface area contributed by atoms with Gasteiger partial charge in [0.25, 0.3) is 0 Å². The maximum Gasteiger partial charge on any atom is 0.243 e. The second-order valence-electron chi connectivity index (χ2n) is 8.79. The van der Waals surface area contributed by atoms with Crippen molar-refractivity contribution in [1.82, 2.24) is 29.5 Å². The lowest BCUT2D eigenvalue weighted by molar-refractivity contribution is -0.121. The molecule has 0 bridgehead atoms. The van der Waals surface area contributed by atoms with Crippen LogP contribution in [0.4, 0.5) is 0 Å². The van der Waals surface area contributed by atoms with Crippen LogP contribution in [0, 0.1) is 5.92 Å². The molecule has 172 valence electrons. The number of fused-ring (bicyclic) bond motifs is 1. The third-order valence-corrected chi connectivity index (χ3v) is 7.52. The van der Waals surface area contributed by atoms with Gasteiger partial charge in [-0.25, -0.2) is 13.1 Å². The molecule has 2 heterocycles. The van der Waals surface area contributed by atoms with E-state index in [9.17, 15) is 13.2 Å². The topological polar surface area (TPSA) is 100 Å². The van der Waals surface area contributed by atoms with Crippen molar-refractivity contribution in [2.24, 2.45) is 5.92 Å². The molecule has 0 saturated carbocycles. The molecule has 1 amide bonds. The number of sulfonamides is 1. The minimum atomic E-state index is -3.80. The zero-order valence-electron chi connectivity index (χ0n) is 18.9. The van der Waals surface area contributed by atoms with E-state index in [-0.39, 0.29) is 23.4 Å². The Morgan fingerprint density at radius 2 is 2.13 bits per heavy atom. The Labute approximate surface area is 184 Å². The molecule has 1 aromatic carbocycles. The van der Waals surface area contributed by atoms with Gasteiger partial charge in [0.05, 0.1) is 17.0 Å². The summed E-state index contributed by atoms with van der Waals surface area (Å²) in [7, 11) is -2.39. The van der Waals surface area contributed by atoms with Gasteiger partial charge in [-0.05, 0) is 70.3 Å². The van der Waals surface area contributed by atoms with Crippen LogP contribution in [0.5, 0.6) is 0 Å². The largest absolute Gasteiger partial charge is 0.355 e. The van der Waals surface area contributed by atoms with Gasteiger partial charge in [0.15, 0.2) is 0 Å². The Balaban J connectivity index is 1.52. The van der Waals surface area contributed by atoms with Crippen LogP contribution in [0.2, 0.25) is 0 Å². The van der Waals surface area contributed by atoms with E-state index in [0.717, 1.165) is 41.8 Å². The zero-order valence-corrected chi connectivity index (χ0v) is 19.7. The van der Waals surface area contributed by atoms with Gasteiger partial charge in [-0.3, -0.25) is 4.79 Å². The SMILES string of the molecule is CC1CCCN(CCCNC(=O)CN(C)S(=O)(=O)c2ccc3c(c2)nnn3C(C)C)C1. The Bertz CT molecular complexity index is 1000. The summed E-state index contributed by atoms with van der Waals surface area (Å²) in [6.07, 6.45) is 3.38. The van der Waals surface area contributed by atoms with Crippen molar-refractivity contribution in [1.29, 1.82) is 0 Å². The van der Waals surface area contributed by atoms with Crippen LogP contribution in [0.15, 0.2) is 23.1 Å². The van der Waals surface area contributed by atoms with E-state index in [2.05, 4.69) is 27.5 Å². The minimum absolute atomic E-state index is 0.102. The highest BCUT2D eigenvalue weighted by Crippen LogP contribution is 2.21. The summed E-state index contributed by atoms with van der Waals surface area (Å²) in [5, 5.41) is 11.0. The van der Waals surface area contributed by atoms with Gasteiger partial charge >= 0.3 is 0 Å². The van der Waals surface area contributed by atoms with Crippen LogP contribution < -0.4 is 5.32 Å². The third-order valence-electron chi connectivity index (χ3n) is 5.72. The van der Waals surface area contributed by atoms with Crippen molar-refractivity contribution < 1.29 is 13.2 Å². The second kappa shape index (κ2) is 10.1. The number of benzene rings is 1. The number of likely N-dealkylation sites (N-methyl/N-ethyl adjacent to an activating group) is 1. The number of likely N-dealkylation sites (tertiary alicyclic amines) is 1. The first-order chi connectivity index (χ1) is 14.7. The van der Waals surface area contributed by atoms with Crippen molar-refractivity contribution >= 4 is 27.0 Å². The number of nitrogens with zero attached hydrogens (tertiary/aromatic N) is 5. The maximum atomic E-state index is 12.9. The van der Waals surface area contributed by atoms with Gasteiger partial charge in [0, 0.05) is 26.2 Å². The minimum Gasteiger partial charge on any atom is -0.355 e. The smallest absolute Gasteiger partial charge is 0.243 e. The lowest BCUT2D eigenvalue weighted by Gasteiger charge is -2.30. The molecular formula is C21H34N6O3S. The number of piperidine rings is 1. The zero-order chi connectivity index (χ0) is 22.6. The summed E-state index contributed by atoms with van der Waals surface area (Å²) < 4.78 is 28.6. The Kier molecular flexibility index (Phi) is 7.66. The quantitative estimate of drug-likeness (QED) is 0.586. The summed E-state index contributed by atoms with van der Waals surface area (Å²) in [6.45, 7) is 9.75. The summed E-state index contributed by atoms with van der Waals surface area (Å²) in [6, 6.07) is 4.87. The first kappa shape index (κ1) is 23.6. The summed E-state index contributed by atoms with van der Waals surface area (Å²) in [5.74, 6) is 0.432. The lowest BCUT2D eigenvalue weighted by atomic mass is 10.0. The molecule has 0 spiro atoms. The molecule has 0 radical (unpaired) electrons. The highest BCUT2D eigenvalue weighted by atomic mass is 32.2. The lowest BCUT2D eigenvalue weighted by Crippen LogP contribution is -2.40. The number of hydrogen-bond acceptors (Lipinski definition) is 6. The molecule has 31 heavy (non-hydrogen) atoms. The first-order valence-electron chi connectivity index (χ1n) is 11.0. The van der Waals surface area contributed by atoms with Gasteiger partial charge in [0.1, 0.15) is 5.52 Å². The van der Waals surface area contributed by atoms with E-state index in [1.165, 1.54) is 32.0 Å². The van der Waals surface area contributed by atoms with Gasteiger partial charge in [-0.1, -0.05) is 12.1 Å². The van der Waals surface area contributed by atoms with Crippen molar-refractivity contribution in [3.63, 3.8) is 0 Å². The fourth-order valence-corrected chi connectivity index (χ4v) is 5.15. The first-order valence-corrected chi connectivity index (χ1v) is 12.4. The molecule has 1 aromatic heterocycles. The highest BCUT2D eigenvalue weighted by Gasteiger charge is 2.24. The fraction of sp³-hybridized carbons (Fsp3) is 0.667. The van der Waals surface area contributed by atoms with E-state index >= 15 is 0 Å². The average Bonchev–Trinajstić information content (AvgIpc) is 3.15. The van der Waals surface area contributed by atoms with Crippen LogP contribution in [0.1, 0.15) is 46.1 Å². The molecule has 3 rings (SSSR count). The molecule has 1 aliphatic rings. The summed E-state index contributed by atoms with van der Waals surface area (Å²) >= 11 is 0. The number of carbonyl (C=O) groups is 1. The van der Waals surface area contributed by atoms with E-state index in [1.807, 2.05) is 13.8 Å². The summed E-state index contributed by atoms with van der Waals surface area (Å²) in [5.41, 5.74) is 1.29. The fourth-order valence-electron chi connectivity index (χ4n) is 4.01. The van der Waals surface area contributed by atoms with Crippen LogP contribution in [-0.4, -0.2) is 78.3 Å². The molecule has 1 unspecified atom stereocenters. The van der Waals surface area contributed by atoms with Gasteiger partial charge in [0.2, 0.25) is 15.9 Å². The Morgan fingerprint density at radius 3 is 2.84 bits per heavy atom. The number of aromatic nitrogens is 3. The average molecular weight is 451 g/mol. The van der Waals surface area contributed by atoms with E-state index in [0.29, 0.717) is 12.1 Å². The van der Waals surface area contributed by atoms with Gasteiger partial charge in [-0.2, -0.15) is 4.31 Å². The molecule has 1 aliphatic heterocycles. The van der Waals surface area contributed by atoms with Crippen molar-refractivity contribution in [3.05, 3.63) is 18.2 Å². The van der Waals surface area contributed by atoms with E-state index in [1.54, 1.807) is 10.7 Å². The number of nitrogens with one attached hydrogen (secondary N) is 1. The number of amides is 1. The molecule has 1 saturated heterocycles. The van der Waals surface area contributed by atoms with Crippen LogP contribution >= 0.6 is 0 Å². The predicted octanol–water partition coefficient (Wildman–Crippen LogP) is 1.87. The Hall–Kier alpha value is -2.04. The predicted molar refractivity (Wildman–Crippen MR) is 120 cm³/mol. The maximum absolute atomic E-state index is 12.9. The van der Waals surface area contributed by atoms with E-state index < -0.39 is 10.0 Å². The standard InChI is InChI=1S/C21H34N6O3S/c1-16(2)27-20-9-8-18(13-19(20)23-24-27)31(29,30)25(4)15-21(28)22-10-6-12-26-11-5-7-17(3)14-26/h8-9,13,16-17H,5-7,10-12,14-15H2,1-4H3,(H,22,28). The molecule has 9 nitrogen and oxygen atoms in total. The number of carbonyl (C=O) groups excluding carboxylic acids is 1. The van der Waals surface area contributed by atoms with Crippen LogP contribution in [0.3, 0.4) is 0 Å². The second-order valence-corrected chi connectivity index (χ2v) is 10.8. The normalized spacial score (nSPS) is 18.2. The monoisotopic (exact) mass is 450 g/mol. The third kappa shape index (κ3) is 5.81. The molecule has 1 atom stereocenters. The van der Waals surface area contributed by atoms with Gasteiger partial charge in [-0.15, -0.1) is 5.10 Å².